The van der Waals surface area contributed by atoms with Gasteiger partial charge in [0.1, 0.15) is 6.61 Å². The van der Waals surface area contributed by atoms with Crippen molar-refractivity contribution in [2.75, 3.05) is 19.8 Å². The molecule has 0 radical (unpaired) electrons. The van der Waals surface area contributed by atoms with Crippen LogP contribution in [0.15, 0.2) is 53.5 Å². The maximum Gasteiger partial charge on any atom is 0.413 e. The van der Waals surface area contributed by atoms with Gasteiger partial charge in [0.2, 0.25) is 0 Å². The van der Waals surface area contributed by atoms with Gasteiger partial charge < -0.3 is 9.47 Å². The fourth-order valence-corrected chi connectivity index (χ4v) is 6.18. The maximum absolute atomic E-state index is 12.6. The zero-order chi connectivity index (χ0) is 20.1. The largest absolute Gasteiger partial charge is 0.448 e. The van der Waals surface area contributed by atoms with Crippen LogP contribution in [0, 0.1) is 0 Å². The number of hydrogen-bond acceptors (Lipinski definition) is 5. The molecule has 5 rings (SSSR count). The molecule has 0 bridgehead atoms. The number of amidine groups is 1. The maximum atomic E-state index is 12.6. The number of amides is 1. The summed E-state index contributed by atoms with van der Waals surface area (Å²) in [6, 6.07) is 16.7. The number of aliphatic imine (C=N–C) groups is 1. The van der Waals surface area contributed by atoms with Crippen molar-refractivity contribution in [3.05, 3.63) is 59.7 Å². The molecular formula is C23H24N2O3S. The van der Waals surface area contributed by atoms with Crippen LogP contribution in [0.2, 0.25) is 0 Å². The first-order valence-electron chi connectivity index (χ1n) is 9.93. The van der Waals surface area contributed by atoms with Crippen molar-refractivity contribution in [1.29, 1.82) is 0 Å². The van der Waals surface area contributed by atoms with Crippen LogP contribution in [-0.2, 0) is 9.47 Å². The molecule has 0 aromatic heterocycles. The Morgan fingerprint density at radius 2 is 1.76 bits per heavy atom. The third-order valence-electron chi connectivity index (χ3n) is 5.76. The number of hydrogen-bond donors (Lipinski definition) is 1. The topological polar surface area (TPSA) is 59.9 Å². The van der Waals surface area contributed by atoms with Crippen LogP contribution in [0.25, 0.3) is 11.1 Å². The number of alkyl carbamates (subject to hydrolysis) is 1. The van der Waals surface area contributed by atoms with Gasteiger partial charge in [-0.15, -0.1) is 0 Å². The molecule has 1 saturated heterocycles. The average molecular weight is 409 g/mol. The Bertz CT molecular complexity index is 952. The minimum atomic E-state index is -0.453. The molecule has 0 unspecified atom stereocenters. The highest BCUT2D eigenvalue weighted by Gasteiger charge is 2.48. The van der Waals surface area contributed by atoms with Gasteiger partial charge in [0.05, 0.1) is 23.5 Å². The lowest BCUT2D eigenvalue weighted by Crippen LogP contribution is -2.55. The highest BCUT2D eigenvalue weighted by Crippen LogP contribution is 2.46. The van der Waals surface area contributed by atoms with E-state index < -0.39 is 6.09 Å². The summed E-state index contributed by atoms with van der Waals surface area (Å²) in [5.74, 6) is 0.0527. The SMILES string of the molecule is CC1(C)CC2(COC2)SC(NC(=O)OCC2c3ccccc3-c3ccccc32)=N1. The normalized spacial score (nSPS) is 21.0. The quantitative estimate of drug-likeness (QED) is 0.791. The van der Waals surface area contributed by atoms with Crippen LogP contribution in [0.5, 0.6) is 0 Å². The van der Waals surface area contributed by atoms with Crippen molar-refractivity contribution in [3.8, 4) is 11.1 Å². The lowest BCUT2D eigenvalue weighted by Gasteiger charge is -2.47. The monoisotopic (exact) mass is 408 g/mol. The van der Waals surface area contributed by atoms with E-state index in [-0.39, 0.29) is 16.2 Å². The summed E-state index contributed by atoms with van der Waals surface area (Å²) in [6.07, 6.45) is 0.492. The van der Waals surface area contributed by atoms with Gasteiger partial charge in [-0.25, -0.2) is 4.79 Å². The van der Waals surface area contributed by atoms with Gasteiger partial charge in [0.15, 0.2) is 5.17 Å². The van der Waals surface area contributed by atoms with E-state index in [1.54, 1.807) is 11.8 Å². The number of thioether (sulfide) groups is 1. The molecule has 2 aliphatic heterocycles. The molecule has 0 atom stereocenters. The molecule has 2 heterocycles. The van der Waals surface area contributed by atoms with Gasteiger partial charge in [-0.3, -0.25) is 10.3 Å². The van der Waals surface area contributed by atoms with E-state index in [4.69, 9.17) is 14.5 Å². The molecule has 1 fully saturated rings. The first kappa shape index (κ1) is 18.7. The number of nitrogens with one attached hydrogen (secondary N) is 1. The predicted molar refractivity (Wildman–Crippen MR) is 115 cm³/mol. The zero-order valence-corrected chi connectivity index (χ0v) is 17.4. The lowest BCUT2D eigenvalue weighted by atomic mass is 9.89. The smallest absolute Gasteiger partial charge is 0.413 e. The van der Waals surface area contributed by atoms with Crippen molar-refractivity contribution >= 4 is 23.0 Å². The lowest BCUT2D eigenvalue weighted by molar-refractivity contribution is -0.0194. The van der Waals surface area contributed by atoms with Crippen LogP contribution in [0.3, 0.4) is 0 Å². The second kappa shape index (κ2) is 6.89. The molecule has 1 amide bonds. The molecule has 3 aliphatic rings. The summed E-state index contributed by atoms with van der Waals surface area (Å²) in [4.78, 5) is 17.3. The molecular weight excluding hydrogens is 384 g/mol. The Morgan fingerprint density at radius 1 is 1.14 bits per heavy atom. The highest BCUT2D eigenvalue weighted by atomic mass is 32.2. The van der Waals surface area contributed by atoms with Crippen LogP contribution in [0.1, 0.15) is 37.3 Å². The predicted octanol–water partition coefficient (Wildman–Crippen LogP) is 4.57. The van der Waals surface area contributed by atoms with E-state index in [0.717, 1.165) is 6.42 Å². The third-order valence-corrected chi connectivity index (χ3v) is 6.95. The van der Waals surface area contributed by atoms with Crippen LogP contribution < -0.4 is 5.32 Å². The number of carbonyl (C=O) groups is 1. The van der Waals surface area contributed by atoms with Gasteiger partial charge >= 0.3 is 6.09 Å². The summed E-state index contributed by atoms with van der Waals surface area (Å²) in [6.45, 7) is 5.88. The number of carbonyl (C=O) groups excluding carboxylic acids is 1. The molecule has 150 valence electrons. The van der Waals surface area contributed by atoms with Crippen molar-refractivity contribution in [2.24, 2.45) is 4.99 Å². The fraction of sp³-hybridized carbons (Fsp3) is 0.391. The average Bonchev–Trinajstić information content (AvgIpc) is 2.98. The van der Waals surface area contributed by atoms with Crippen LogP contribution >= 0.6 is 11.8 Å². The molecule has 6 heteroatoms. The molecule has 5 nitrogen and oxygen atoms in total. The van der Waals surface area contributed by atoms with E-state index in [1.165, 1.54) is 22.3 Å². The van der Waals surface area contributed by atoms with Crippen molar-refractivity contribution in [3.63, 3.8) is 0 Å². The van der Waals surface area contributed by atoms with Crippen LogP contribution in [0.4, 0.5) is 4.79 Å². The molecule has 1 aliphatic carbocycles. The number of benzene rings is 2. The van der Waals surface area contributed by atoms with Crippen molar-refractivity contribution in [1.82, 2.24) is 5.32 Å². The third kappa shape index (κ3) is 3.45. The minimum absolute atomic E-state index is 0.0250. The van der Waals surface area contributed by atoms with E-state index in [0.29, 0.717) is 25.0 Å². The summed E-state index contributed by atoms with van der Waals surface area (Å²) in [7, 11) is 0. The Kier molecular flexibility index (Phi) is 4.44. The van der Waals surface area contributed by atoms with E-state index in [2.05, 4.69) is 43.4 Å². The van der Waals surface area contributed by atoms with Crippen molar-refractivity contribution < 1.29 is 14.3 Å². The molecule has 2 aromatic carbocycles. The number of nitrogens with zero attached hydrogens (tertiary/aromatic N) is 1. The van der Waals surface area contributed by atoms with Crippen LogP contribution in [-0.4, -0.2) is 41.4 Å². The molecule has 29 heavy (non-hydrogen) atoms. The standard InChI is InChI=1S/C23H24N2O3S/c1-22(2)12-23(13-27-14-23)29-20(25-22)24-21(26)28-11-19-17-9-5-3-7-15(17)16-8-4-6-10-18(16)19/h3-10,19H,11-14H2,1-2H3,(H,24,25,26). The van der Waals surface area contributed by atoms with Gasteiger partial charge in [0, 0.05) is 5.92 Å². The van der Waals surface area contributed by atoms with E-state index >= 15 is 0 Å². The fourth-order valence-electron chi connectivity index (χ4n) is 4.63. The number of fused-ring (bicyclic) bond motifs is 3. The second-order valence-corrected chi connectivity index (χ2v) is 10.1. The van der Waals surface area contributed by atoms with Gasteiger partial charge in [0.25, 0.3) is 0 Å². The van der Waals surface area contributed by atoms with E-state index in [1.807, 2.05) is 24.3 Å². The Balaban J connectivity index is 1.29. The molecule has 0 saturated carbocycles. The zero-order valence-electron chi connectivity index (χ0n) is 16.6. The summed E-state index contributed by atoms with van der Waals surface area (Å²) in [5.41, 5.74) is 4.63. The first-order valence-corrected chi connectivity index (χ1v) is 10.8. The van der Waals surface area contributed by atoms with Gasteiger partial charge in [-0.05, 0) is 42.5 Å². The molecule has 2 aromatic rings. The number of ether oxygens (including phenoxy) is 2. The Morgan fingerprint density at radius 3 is 2.34 bits per heavy atom. The Labute approximate surface area is 174 Å². The highest BCUT2D eigenvalue weighted by molar-refractivity contribution is 8.15. The Hall–Kier alpha value is -2.31. The molecule has 1 N–H and O–H groups in total. The summed E-state index contributed by atoms with van der Waals surface area (Å²) in [5, 5.41) is 3.49. The van der Waals surface area contributed by atoms with Gasteiger partial charge in [-0.2, -0.15) is 0 Å². The van der Waals surface area contributed by atoms with E-state index in [9.17, 15) is 4.79 Å². The van der Waals surface area contributed by atoms with Crippen molar-refractivity contribution in [2.45, 2.75) is 36.5 Å². The molecule has 1 spiro atoms. The first-order chi connectivity index (χ1) is 13.9. The summed E-state index contributed by atoms with van der Waals surface area (Å²) >= 11 is 1.60. The summed E-state index contributed by atoms with van der Waals surface area (Å²) < 4.78 is 11.1. The minimum Gasteiger partial charge on any atom is -0.448 e. The van der Waals surface area contributed by atoms with Gasteiger partial charge in [-0.1, -0.05) is 60.3 Å². The second-order valence-electron chi connectivity index (χ2n) is 8.63. The number of rotatable bonds is 2.